The van der Waals surface area contributed by atoms with Crippen molar-refractivity contribution in [2.24, 2.45) is 5.92 Å². The van der Waals surface area contributed by atoms with Crippen LogP contribution >= 0.6 is 0 Å². The molecule has 2 atom stereocenters. The number of carbonyl (C=O) groups excluding carboxylic acids is 2. The number of aliphatic carboxylic acids is 1. The van der Waals surface area contributed by atoms with Crippen LogP contribution in [0.2, 0.25) is 0 Å². The molecule has 2 rings (SSSR count). The minimum Gasteiger partial charge on any atom is -0.478 e. The second-order valence-electron chi connectivity index (χ2n) is 8.08. The molecule has 0 radical (unpaired) electrons. The zero-order valence-corrected chi connectivity index (χ0v) is 17.3. The van der Waals surface area contributed by atoms with Gasteiger partial charge in [-0.05, 0) is 64.8 Å². The van der Waals surface area contributed by atoms with E-state index in [-0.39, 0.29) is 11.7 Å². The molecule has 0 aromatic heterocycles. The number of amides is 1. The Morgan fingerprint density at radius 1 is 1.14 bits per heavy atom. The van der Waals surface area contributed by atoms with Crippen LogP contribution in [0.3, 0.4) is 0 Å². The molecule has 1 aromatic carbocycles. The lowest BCUT2D eigenvalue weighted by atomic mass is 9.94. The van der Waals surface area contributed by atoms with Crippen molar-refractivity contribution in [3.63, 3.8) is 0 Å². The molecule has 0 aliphatic carbocycles. The third-order valence-corrected chi connectivity index (χ3v) is 4.47. The zero-order chi connectivity index (χ0) is 21.6. The normalized spacial score (nSPS) is 17.1. The SMILES string of the molecule is CC(NC(=O)OC(C)(C)C)C(=O)c1ccc(OC(C(=O)O)C2CCOCC2)cc1. The van der Waals surface area contributed by atoms with Gasteiger partial charge in [0.05, 0.1) is 6.04 Å². The number of benzene rings is 1. The quantitative estimate of drug-likeness (QED) is 0.668. The zero-order valence-electron chi connectivity index (χ0n) is 17.3. The molecule has 8 nitrogen and oxygen atoms in total. The van der Waals surface area contributed by atoms with Gasteiger partial charge in [0.25, 0.3) is 0 Å². The molecular weight excluding hydrogens is 378 g/mol. The van der Waals surface area contributed by atoms with Gasteiger partial charge < -0.3 is 24.6 Å². The third-order valence-electron chi connectivity index (χ3n) is 4.47. The average Bonchev–Trinajstić information content (AvgIpc) is 2.64. The number of hydrogen-bond acceptors (Lipinski definition) is 6. The van der Waals surface area contributed by atoms with Crippen LogP contribution in [0.4, 0.5) is 4.79 Å². The fraction of sp³-hybridized carbons (Fsp3) is 0.571. The second-order valence-corrected chi connectivity index (χ2v) is 8.08. The number of ketones is 1. The summed E-state index contributed by atoms with van der Waals surface area (Å²) in [7, 11) is 0. The van der Waals surface area contributed by atoms with E-state index in [1.807, 2.05) is 0 Å². The molecule has 1 heterocycles. The Morgan fingerprint density at radius 2 is 1.72 bits per heavy atom. The number of rotatable bonds is 7. The van der Waals surface area contributed by atoms with E-state index in [1.165, 1.54) is 0 Å². The molecule has 29 heavy (non-hydrogen) atoms. The first kappa shape index (κ1) is 22.7. The highest BCUT2D eigenvalue weighted by Gasteiger charge is 2.31. The Morgan fingerprint density at radius 3 is 2.24 bits per heavy atom. The van der Waals surface area contributed by atoms with Gasteiger partial charge in [-0.3, -0.25) is 4.79 Å². The molecule has 1 fully saturated rings. The number of carbonyl (C=O) groups is 3. The minimum absolute atomic E-state index is 0.124. The Hall–Kier alpha value is -2.61. The Labute approximate surface area is 170 Å². The topological polar surface area (TPSA) is 111 Å². The first-order valence-corrected chi connectivity index (χ1v) is 9.68. The summed E-state index contributed by atoms with van der Waals surface area (Å²) < 4.78 is 16.1. The number of alkyl carbamates (subject to hydrolysis) is 1. The molecule has 1 aliphatic rings. The predicted octanol–water partition coefficient (Wildman–Crippen LogP) is 3.04. The number of hydrogen-bond donors (Lipinski definition) is 2. The van der Waals surface area contributed by atoms with Crippen LogP contribution in [-0.4, -0.2) is 53.9 Å². The standard InChI is InChI=1S/C21H29NO7/c1-13(22-20(26)29-21(2,3)4)17(23)14-5-7-16(8-6-14)28-18(19(24)25)15-9-11-27-12-10-15/h5-8,13,15,18H,9-12H2,1-4H3,(H,22,26)(H,24,25). The van der Waals surface area contributed by atoms with Gasteiger partial charge in [0.2, 0.25) is 0 Å². The van der Waals surface area contributed by atoms with Crippen LogP contribution in [0.15, 0.2) is 24.3 Å². The smallest absolute Gasteiger partial charge is 0.408 e. The Kier molecular flexibility index (Phi) is 7.61. The van der Waals surface area contributed by atoms with Crippen molar-refractivity contribution in [1.82, 2.24) is 5.32 Å². The van der Waals surface area contributed by atoms with E-state index in [1.54, 1.807) is 52.0 Å². The van der Waals surface area contributed by atoms with Crippen molar-refractivity contribution in [3.8, 4) is 5.75 Å². The molecule has 0 saturated carbocycles. The number of Topliss-reactive ketones (excluding diaryl/α,β-unsaturated/α-hetero) is 1. The van der Waals surface area contributed by atoms with Crippen LogP contribution in [0.25, 0.3) is 0 Å². The molecule has 1 aliphatic heterocycles. The minimum atomic E-state index is -1.02. The fourth-order valence-corrected chi connectivity index (χ4v) is 3.01. The highest BCUT2D eigenvalue weighted by molar-refractivity contribution is 6.01. The van der Waals surface area contributed by atoms with Gasteiger partial charge in [-0.1, -0.05) is 0 Å². The number of ether oxygens (including phenoxy) is 3. The third kappa shape index (κ3) is 7.05. The van der Waals surface area contributed by atoms with Crippen molar-refractivity contribution >= 4 is 17.8 Å². The number of carboxylic acid groups (broad SMARTS) is 1. The summed E-state index contributed by atoms with van der Waals surface area (Å²) in [6.45, 7) is 7.83. The molecule has 0 bridgehead atoms. The molecule has 1 saturated heterocycles. The van der Waals surface area contributed by atoms with Crippen molar-refractivity contribution < 1.29 is 33.7 Å². The van der Waals surface area contributed by atoms with E-state index in [9.17, 15) is 19.5 Å². The van der Waals surface area contributed by atoms with E-state index in [4.69, 9.17) is 14.2 Å². The van der Waals surface area contributed by atoms with Gasteiger partial charge in [-0.25, -0.2) is 9.59 Å². The van der Waals surface area contributed by atoms with E-state index in [0.717, 1.165) is 0 Å². The van der Waals surface area contributed by atoms with Crippen LogP contribution in [0, 0.1) is 5.92 Å². The highest BCUT2D eigenvalue weighted by Crippen LogP contribution is 2.24. The van der Waals surface area contributed by atoms with E-state index in [2.05, 4.69) is 5.32 Å². The first-order chi connectivity index (χ1) is 13.6. The molecule has 160 valence electrons. The maximum Gasteiger partial charge on any atom is 0.408 e. The van der Waals surface area contributed by atoms with Crippen molar-refractivity contribution in [2.75, 3.05) is 13.2 Å². The Balaban J connectivity index is 1.98. The second kappa shape index (κ2) is 9.73. The fourth-order valence-electron chi connectivity index (χ4n) is 3.01. The first-order valence-electron chi connectivity index (χ1n) is 9.68. The van der Waals surface area contributed by atoms with Gasteiger partial charge in [-0.15, -0.1) is 0 Å². The van der Waals surface area contributed by atoms with Gasteiger partial charge in [0.15, 0.2) is 11.9 Å². The molecule has 0 spiro atoms. The maximum absolute atomic E-state index is 12.5. The summed E-state index contributed by atoms with van der Waals surface area (Å²) in [6.07, 6.45) is -0.379. The van der Waals surface area contributed by atoms with Crippen molar-refractivity contribution in [2.45, 2.75) is 58.3 Å². The summed E-state index contributed by atoms with van der Waals surface area (Å²) in [4.78, 5) is 35.9. The van der Waals surface area contributed by atoms with Crippen molar-refractivity contribution in [3.05, 3.63) is 29.8 Å². The summed E-state index contributed by atoms with van der Waals surface area (Å²) >= 11 is 0. The van der Waals surface area contributed by atoms with E-state index >= 15 is 0 Å². The molecular formula is C21H29NO7. The molecule has 2 N–H and O–H groups in total. The monoisotopic (exact) mass is 407 g/mol. The lowest BCUT2D eigenvalue weighted by Gasteiger charge is -2.28. The molecule has 8 heteroatoms. The Bertz CT molecular complexity index is 718. The summed E-state index contributed by atoms with van der Waals surface area (Å²) in [6, 6.07) is 5.44. The molecule has 2 unspecified atom stereocenters. The van der Waals surface area contributed by atoms with Crippen LogP contribution in [0.1, 0.15) is 50.9 Å². The highest BCUT2D eigenvalue weighted by atomic mass is 16.6. The lowest BCUT2D eigenvalue weighted by molar-refractivity contribution is -0.149. The predicted molar refractivity (Wildman–Crippen MR) is 105 cm³/mol. The van der Waals surface area contributed by atoms with Gasteiger partial charge in [-0.2, -0.15) is 0 Å². The molecule has 1 aromatic rings. The summed E-state index contributed by atoms with van der Waals surface area (Å²) in [5, 5.41) is 12.0. The van der Waals surface area contributed by atoms with Crippen LogP contribution < -0.4 is 10.1 Å². The summed E-state index contributed by atoms with van der Waals surface area (Å²) in [5.74, 6) is -1.07. The van der Waals surface area contributed by atoms with Gasteiger partial charge >= 0.3 is 12.1 Å². The van der Waals surface area contributed by atoms with E-state index < -0.39 is 29.8 Å². The number of nitrogens with one attached hydrogen (secondary N) is 1. The van der Waals surface area contributed by atoms with Crippen LogP contribution in [0.5, 0.6) is 5.75 Å². The van der Waals surface area contributed by atoms with Crippen molar-refractivity contribution in [1.29, 1.82) is 0 Å². The number of carboxylic acids is 1. The average molecular weight is 407 g/mol. The van der Waals surface area contributed by atoms with Gasteiger partial charge in [0, 0.05) is 24.7 Å². The largest absolute Gasteiger partial charge is 0.478 e. The van der Waals surface area contributed by atoms with E-state index in [0.29, 0.717) is 37.4 Å². The lowest BCUT2D eigenvalue weighted by Crippen LogP contribution is -2.41. The summed E-state index contributed by atoms with van der Waals surface area (Å²) in [5.41, 5.74) is -0.282. The molecule has 1 amide bonds. The van der Waals surface area contributed by atoms with Gasteiger partial charge in [0.1, 0.15) is 11.4 Å². The van der Waals surface area contributed by atoms with Crippen LogP contribution in [-0.2, 0) is 14.3 Å². The maximum atomic E-state index is 12.5.